The van der Waals surface area contributed by atoms with Gasteiger partial charge < -0.3 is 10.3 Å². The molecule has 2 aromatic heterocycles. The molecule has 0 aliphatic heterocycles. The standard InChI is InChI=1S/C24H25ClN4O2/c1-15(2)14-29-24(31)19-6-4-3-5-18(19)22(28-29)12-23(30)26-10-9-16-13-27-21-8-7-17(25)11-20(16)21/h3-8,11,13,15,27H,9-10,12,14H2,1-2H3,(H,26,30). The van der Waals surface area contributed by atoms with Crippen LogP contribution in [0.4, 0.5) is 0 Å². The Morgan fingerprint density at radius 2 is 1.94 bits per heavy atom. The van der Waals surface area contributed by atoms with Crippen LogP contribution in [0.25, 0.3) is 21.7 Å². The Bertz CT molecular complexity index is 1310. The number of rotatable bonds is 7. The third kappa shape index (κ3) is 4.64. The number of H-pyrrole nitrogens is 1. The number of aromatic amines is 1. The number of hydrogen-bond acceptors (Lipinski definition) is 3. The van der Waals surface area contributed by atoms with Gasteiger partial charge in [-0.2, -0.15) is 5.10 Å². The van der Waals surface area contributed by atoms with Crippen LogP contribution in [-0.2, 0) is 24.2 Å². The molecule has 4 aromatic rings. The van der Waals surface area contributed by atoms with E-state index >= 15 is 0 Å². The highest BCUT2D eigenvalue weighted by atomic mass is 35.5. The SMILES string of the molecule is CC(C)Cn1nc(CC(=O)NCCc2c[nH]c3ccc(Cl)cc23)c2ccccc2c1=O. The molecule has 0 spiro atoms. The number of benzene rings is 2. The van der Waals surface area contributed by atoms with Crippen LogP contribution in [0.3, 0.4) is 0 Å². The van der Waals surface area contributed by atoms with Crippen LogP contribution in [0, 0.1) is 5.92 Å². The van der Waals surface area contributed by atoms with Gasteiger partial charge in [0.2, 0.25) is 5.91 Å². The number of hydrogen-bond donors (Lipinski definition) is 2. The molecule has 0 unspecified atom stereocenters. The van der Waals surface area contributed by atoms with E-state index in [1.54, 1.807) is 6.07 Å². The Morgan fingerprint density at radius 3 is 2.71 bits per heavy atom. The van der Waals surface area contributed by atoms with Gasteiger partial charge >= 0.3 is 0 Å². The third-order valence-corrected chi connectivity index (χ3v) is 5.49. The molecule has 0 atom stereocenters. The summed E-state index contributed by atoms with van der Waals surface area (Å²) >= 11 is 6.11. The van der Waals surface area contributed by atoms with E-state index in [9.17, 15) is 9.59 Å². The van der Waals surface area contributed by atoms with E-state index in [0.29, 0.717) is 35.6 Å². The lowest BCUT2D eigenvalue weighted by molar-refractivity contribution is -0.120. The summed E-state index contributed by atoms with van der Waals surface area (Å²) in [7, 11) is 0. The van der Waals surface area contributed by atoms with Crippen molar-refractivity contribution in [3.8, 4) is 0 Å². The highest BCUT2D eigenvalue weighted by molar-refractivity contribution is 6.31. The number of nitrogens with one attached hydrogen (secondary N) is 2. The summed E-state index contributed by atoms with van der Waals surface area (Å²) in [5, 5.41) is 10.6. The quantitative estimate of drug-likeness (QED) is 0.458. The van der Waals surface area contributed by atoms with Crippen LogP contribution >= 0.6 is 11.6 Å². The first-order chi connectivity index (χ1) is 14.9. The predicted octanol–water partition coefficient (Wildman–Crippen LogP) is 4.09. The summed E-state index contributed by atoms with van der Waals surface area (Å²) in [4.78, 5) is 28.6. The number of halogens is 1. The van der Waals surface area contributed by atoms with Gasteiger partial charge in [-0.05, 0) is 42.2 Å². The number of fused-ring (bicyclic) bond motifs is 2. The molecule has 0 bridgehead atoms. The van der Waals surface area contributed by atoms with Crippen molar-refractivity contribution in [3.63, 3.8) is 0 Å². The van der Waals surface area contributed by atoms with E-state index in [-0.39, 0.29) is 23.8 Å². The topological polar surface area (TPSA) is 79.8 Å². The van der Waals surface area contributed by atoms with Crippen molar-refractivity contribution in [1.82, 2.24) is 20.1 Å². The van der Waals surface area contributed by atoms with Gasteiger partial charge in [0.15, 0.2) is 0 Å². The first-order valence-corrected chi connectivity index (χ1v) is 10.8. The van der Waals surface area contributed by atoms with Crippen molar-refractivity contribution >= 4 is 39.2 Å². The molecule has 0 fully saturated rings. The van der Waals surface area contributed by atoms with Crippen LogP contribution in [0.15, 0.2) is 53.5 Å². The maximum Gasteiger partial charge on any atom is 0.274 e. The third-order valence-electron chi connectivity index (χ3n) is 5.26. The lowest BCUT2D eigenvalue weighted by Crippen LogP contribution is -2.30. The predicted molar refractivity (Wildman–Crippen MR) is 125 cm³/mol. The minimum atomic E-state index is -0.120. The molecule has 0 saturated heterocycles. The zero-order valence-electron chi connectivity index (χ0n) is 17.6. The van der Waals surface area contributed by atoms with E-state index in [1.807, 2.05) is 56.4 Å². The number of aromatic nitrogens is 3. The van der Waals surface area contributed by atoms with Crippen LogP contribution in [0.5, 0.6) is 0 Å². The van der Waals surface area contributed by atoms with Gasteiger partial charge in [0.1, 0.15) is 0 Å². The molecule has 1 amide bonds. The van der Waals surface area contributed by atoms with Crippen LogP contribution < -0.4 is 10.9 Å². The van der Waals surface area contributed by atoms with E-state index in [0.717, 1.165) is 21.9 Å². The van der Waals surface area contributed by atoms with E-state index in [4.69, 9.17) is 11.6 Å². The van der Waals surface area contributed by atoms with Gasteiger partial charge in [-0.3, -0.25) is 9.59 Å². The average Bonchev–Trinajstić information content (AvgIpc) is 3.13. The second-order valence-corrected chi connectivity index (χ2v) is 8.59. The Labute approximate surface area is 185 Å². The fourth-order valence-corrected chi connectivity index (χ4v) is 3.99. The lowest BCUT2D eigenvalue weighted by Gasteiger charge is -2.12. The largest absolute Gasteiger partial charge is 0.361 e. The Balaban J connectivity index is 1.48. The minimum Gasteiger partial charge on any atom is -0.361 e. The van der Waals surface area contributed by atoms with Crippen molar-refractivity contribution in [3.05, 3.63) is 75.3 Å². The summed E-state index contributed by atoms with van der Waals surface area (Å²) in [6.07, 6.45) is 2.76. The van der Waals surface area contributed by atoms with Crippen molar-refractivity contribution in [1.29, 1.82) is 0 Å². The average molecular weight is 437 g/mol. The summed E-state index contributed by atoms with van der Waals surface area (Å²) in [5.41, 5.74) is 2.62. The summed E-state index contributed by atoms with van der Waals surface area (Å²) in [6.45, 7) is 5.09. The molecular weight excluding hydrogens is 412 g/mol. The van der Waals surface area contributed by atoms with Gasteiger partial charge in [-0.15, -0.1) is 0 Å². The molecule has 0 aliphatic rings. The molecule has 0 saturated carbocycles. The molecule has 7 heteroatoms. The Hall–Kier alpha value is -3.12. The first-order valence-electron chi connectivity index (χ1n) is 10.4. The molecule has 6 nitrogen and oxygen atoms in total. The van der Waals surface area contributed by atoms with Crippen LogP contribution in [-0.4, -0.2) is 27.2 Å². The minimum absolute atomic E-state index is 0.119. The zero-order chi connectivity index (χ0) is 22.0. The fraction of sp³-hybridized carbons (Fsp3) is 0.292. The Kier molecular flexibility index (Phi) is 6.09. The maximum absolute atomic E-state index is 12.7. The smallest absolute Gasteiger partial charge is 0.274 e. The highest BCUT2D eigenvalue weighted by Crippen LogP contribution is 2.22. The van der Waals surface area contributed by atoms with Crippen LogP contribution in [0.1, 0.15) is 25.1 Å². The molecule has 2 N–H and O–H groups in total. The molecule has 2 heterocycles. The van der Waals surface area contributed by atoms with Gasteiger partial charge in [0.25, 0.3) is 5.56 Å². The molecule has 160 valence electrons. The number of carbonyl (C=O) groups excluding carboxylic acids is 1. The normalized spacial score (nSPS) is 11.5. The summed E-state index contributed by atoms with van der Waals surface area (Å²) < 4.78 is 1.48. The molecule has 2 aromatic carbocycles. The maximum atomic E-state index is 12.7. The second kappa shape index (κ2) is 8.94. The van der Waals surface area contributed by atoms with Gasteiger partial charge in [0.05, 0.1) is 17.5 Å². The fourth-order valence-electron chi connectivity index (χ4n) is 3.81. The lowest BCUT2D eigenvalue weighted by atomic mass is 10.1. The molecule has 0 aliphatic carbocycles. The number of amides is 1. The van der Waals surface area contributed by atoms with Gasteiger partial charge in [-0.25, -0.2) is 4.68 Å². The highest BCUT2D eigenvalue weighted by Gasteiger charge is 2.14. The van der Waals surface area contributed by atoms with Crippen molar-refractivity contribution in [2.45, 2.75) is 33.2 Å². The molecular formula is C24H25ClN4O2. The number of carbonyl (C=O) groups is 1. The first kappa shape index (κ1) is 21.1. The number of nitrogens with zero attached hydrogens (tertiary/aromatic N) is 2. The van der Waals surface area contributed by atoms with Crippen molar-refractivity contribution in [2.24, 2.45) is 5.92 Å². The molecule has 0 radical (unpaired) electrons. The zero-order valence-corrected chi connectivity index (χ0v) is 18.4. The van der Waals surface area contributed by atoms with E-state index in [2.05, 4.69) is 15.4 Å². The van der Waals surface area contributed by atoms with E-state index < -0.39 is 0 Å². The second-order valence-electron chi connectivity index (χ2n) is 8.15. The molecule has 4 rings (SSSR count). The van der Waals surface area contributed by atoms with Crippen molar-refractivity contribution < 1.29 is 4.79 Å². The van der Waals surface area contributed by atoms with Gasteiger partial charge in [0, 0.05) is 40.6 Å². The monoisotopic (exact) mass is 436 g/mol. The van der Waals surface area contributed by atoms with Crippen LogP contribution in [0.2, 0.25) is 5.02 Å². The molecule has 31 heavy (non-hydrogen) atoms. The van der Waals surface area contributed by atoms with Crippen molar-refractivity contribution in [2.75, 3.05) is 6.54 Å². The van der Waals surface area contributed by atoms with Gasteiger partial charge in [-0.1, -0.05) is 43.6 Å². The van der Waals surface area contributed by atoms with E-state index in [1.165, 1.54) is 4.68 Å². The summed E-state index contributed by atoms with van der Waals surface area (Å²) in [5.74, 6) is 0.156. The summed E-state index contributed by atoms with van der Waals surface area (Å²) in [6, 6.07) is 13.1. The Morgan fingerprint density at radius 1 is 1.16 bits per heavy atom.